The zero-order valence-electron chi connectivity index (χ0n) is 17.4. The molecule has 1 fully saturated rings. The predicted molar refractivity (Wildman–Crippen MR) is 122 cm³/mol. The molecule has 31 heavy (non-hydrogen) atoms. The number of nitrogens with one attached hydrogen (secondary N) is 2. The summed E-state index contributed by atoms with van der Waals surface area (Å²) in [6.07, 6.45) is 2.12. The molecule has 158 valence electrons. The Morgan fingerprint density at radius 1 is 0.839 bits per heavy atom. The van der Waals surface area contributed by atoms with E-state index >= 15 is 0 Å². The van der Waals surface area contributed by atoms with Gasteiger partial charge in [0.15, 0.2) is 0 Å². The standard InChI is InChI=1S/C25H25N3O3/c1-31-21-14-12-19(13-15-21)26-23-7-3-2-6-22(23)24(29)27-20-10-8-18(9-11-20)25(30)28-16-4-5-17-28/h2-3,6-15,26H,4-5,16-17H2,1H3,(H,27,29). The third-order valence-electron chi connectivity index (χ3n) is 5.32. The Morgan fingerprint density at radius 3 is 2.16 bits per heavy atom. The molecular weight excluding hydrogens is 390 g/mol. The first-order valence-electron chi connectivity index (χ1n) is 10.3. The second kappa shape index (κ2) is 9.34. The highest BCUT2D eigenvalue weighted by Gasteiger charge is 2.19. The van der Waals surface area contributed by atoms with Crippen LogP contribution in [-0.4, -0.2) is 36.9 Å². The van der Waals surface area contributed by atoms with Crippen molar-refractivity contribution in [3.05, 3.63) is 83.9 Å². The van der Waals surface area contributed by atoms with E-state index in [1.54, 1.807) is 37.4 Å². The number of likely N-dealkylation sites (tertiary alicyclic amines) is 1. The van der Waals surface area contributed by atoms with Crippen molar-refractivity contribution in [1.29, 1.82) is 0 Å². The van der Waals surface area contributed by atoms with Gasteiger partial charge in [0.05, 0.1) is 18.4 Å². The Kier molecular flexibility index (Phi) is 6.17. The van der Waals surface area contributed by atoms with Gasteiger partial charge in [0.25, 0.3) is 11.8 Å². The van der Waals surface area contributed by atoms with Crippen molar-refractivity contribution in [2.45, 2.75) is 12.8 Å². The van der Waals surface area contributed by atoms with Gasteiger partial charge in [-0.05, 0) is 73.5 Å². The highest BCUT2D eigenvalue weighted by molar-refractivity contribution is 6.08. The van der Waals surface area contributed by atoms with Crippen LogP contribution in [0, 0.1) is 0 Å². The van der Waals surface area contributed by atoms with Crippen LogP contribution >= 0.6 is 0 Å². The Hall–Kier alpha value is -3.80. The smallest absolute Gasteiger partial charge is 0.257 e. The van der Waals surface area contributed by atoms with E-state index < -0.39 is 0 Å². The lowest BCUT2D eigenvalue weighted by Gasteiger charge is -2.15. The molecule has 2 amide bonds. The van der Waals surface area contributed by atoms with Crippen molar-refractivity contribution < 1.29 is 14.3 Å². The minimum atomic E-state index is -0.227. The van der Waals surface area contributed by atoms with E-state index in [0.717, 1.165) is 37.4 Å². The number of nitrogens with zero attached hydrogens (tertiary/aromatic N) is 1. The summed E-state index contributed by atoms with van der Waals surface area (Å²) in [6, 6.07) is 21.9. The maximum absolute atomic E-state index is 12.9. The Balaban J connectivity index is 1.45. The third kappa shape index (κ3) is 4.86. The molecule has 6 nitrogen and oxygen atoms in total. The van der Waals surface area contributed by atoms with E-state index in [1.165, 1.54) is 0 Å². The number of hydrogen-bond acceptors (Lipinski definition) is 4. The monoisotopic (exact) mass is 415 g/mol. The van der Waals surface area contributed by atoms with E-state index in [2.05, 4.69) is 10.6 Å². The molecule has 6 heteroatoms. The van der Waals surface area contributed by atoms with Gasteiger partial charge in [-0.15, -0.1) is 0 Å². The number of benzene rings is 3. The summed E-state index contributed by atoms with van der Waals surface area (Å²) >= 11 is 0. The maximum Gasteiger partial charge on any atom is 0.257 e. The Bertz CT molecular complexity index is 1060. The first kappa shape index (κ1) is 20.5. The third-order valence-corrected chi connectivity index (χ3v) is 5.32. The minimum absolute atomic E-state index is 0.0458. The lowest BCUT2D eigenvalue weighted by atomic mass is 10.1. The number of methoxy groups -OCH3 is 1. The fourth-order valence-electron chi connectivity index (χ4n) is 3.62. The van der Waals surface area contributed by atoms with Gasteiger partial charge in [-0.3, -0.25) is 9.59 Å². The topological polar surface area (TPSA) is 70.7 Å². The lowest BCUT2D eigenvalue weighted by Crippen LogP contribution is -2.27. The van der Waals surface area contributed by atoms with E-state index in [4.69, 9.17) is 4.74 Å². The molecule has 0 saturated carbocycles. The first-order chi connectivity index (χ1) is 15.1. The summed E-state index contributed by atoms with van der Waals surface area (Å²) in [5, 5.41) is 6.19. The molecule has 0 aliphatic carbocycles. The van der Waals surface area contributed by atoms with Gasteiger partial charge in [-0.1, -0.05) is 12.1 Å². The predicted octanol–water partition coefficient (Wildman–Crippen LogP) is 4.93. The molecule has 0 unspecified atom stereocenters. The van der Waals surface area contributed by atoms with Gasteiger partial charge < -0.3 is 20.3 Å². The van der Waals surface area contributed by atoms with Crippen LogP contribution in [0.5, 0.6) is 5.75 Å². The highest BCUT2D eigenvalue weighted by Crippen LogP contribution is 2.24. The van der Waals surface area contributed by atoms with E-state index in [1.807, 2.05) is 47.4 Å². The number of hydrogen-bond donors (Lipinski definition) is 2. The van der Waals surface area contributed by atoms with Crippen molar-refractivity contribution in [1.82, 2.24) is 4.90 Å². The van der Waals surface area contributed by atoms with Gasteiger partial charge in [-0.25, -0.2) is 0 Å². The molecule has 0 spiro atoms. The SMILES string of the molecule is COc1ccc(Nc2ccccc2C(=O)Nc2ccc(C(=O)N3CCCC3)cc2)cc1. The average molecular weight is 415 g/mol. The molecule has 1 aliphatic rings. The fourth-order valence-corrected chi connectivity index (χ4v) is 3.62. The normalized spacial score (nSPS) is 13.0. The number of carbonyl (C=O) groups is 2. The molecule has 0 atom stereocenters. The van der Waals surface area contributed by atoms with Crippen LogP contribution in [-0.2, 0) is 0 Å². The summed E-state index contributed by atoms with van der Waals surface area (Å²) in [5.74, 6) is 0.586. The Morgan fingerprint density at radius 2 is 1.48 bits per heavy atom. The van der Waals surface area contributed by atoms with Crippen molar-refractivity contribution in [3.8, 4) is 5.75 Å². The van der Waals surface area contributed by atoms with Gasteiger partial charge in [0, 0.05) is 30.0 Å². The molecule has 3 aromatic rings. The van der Waals surface area contributed by atoms with Crippen LogP contribution < -0.4 is 15.4 Å². The molecule has 0 radical (unpaired) electrons. The summed E-state index contributed by atoms with van der Waals surface area (Å²) in [4.78, 5) is 27.3. The average Bonchev–Trinajstić information content (AvgIpc) is 3.35. The van der Waals surface area contributed by atoms with Gasteiger partial charge in [-0.2, -0.15) is 0 Å². The van der Waals surface area contributed by atoms with Crippen LogP contribution in [0.2, 0.25) is 0 Å². The number of ether oxygens (including phenoxy) is 1. The zero-order chi connectivity index (χ0) is 21.6. The van der Waals surface area contributed by atoms with Crippen molar-refractivity contribution in [2.75, 3.05) is 30.8 Å². The molecule has 0 aromatic heterocycles. The summed E-state index contributed by atoms with van der Waals surface area (Å²) < 4.78 is 5.18. The van der Waals surface area contributed by atoms with Crippen LogP contribution in [0.4, 0.5) is 17.1 Å². The number of rotatable bonds is 6. The van der Waals surface area contributed by atoms with Crippen LogP contribution in [0.3, 0.4) is 0 Å². The van der Waals surface area contributed by atoms with Crippen molar-refractivity contribution in [3.63, 3.8) is 0 Å². The second-order valence-corrected chi connectivity index (χ2v) is 7.43. The first-order valence-corrected chi connectivity index (χ1v) is 10.3. The van der Waals surface area contributed by atoms with Gasteiger partial charge in [0.1, 0.15) is 5.75 Å². The van der Waals surface area contributed by atoms with Gasteiger partial charge >= 0.3 is 0 Å². The molecule has 3 aromatic carbocycles. The van der Waals surface area contributed by atoms with E-state index in [-0.39, 0.29) is 11.8 Å². The molecule has 1 heterocycles. The molecule has 4 rings (SSSR count). The lowest BCUT2D eigenvalue weighted by molar-refractivity contribution is 0.0792. The quantitative estimate of drug-likeness (QED) is 0.599. The highest BCUT2D eigenvalue weighted by atomic mass is 16.5. The summed E-state index contributed by atoms with van der Waals surface area (Å²) in [7, 11) is 1.62. The maximum atomic E-state index is 12.9. The van der Waals surface area contributed by atoms with Crippen molar-refractivity contribution in [2.24, 2.45) is 0 Å². The van der Waals surface area contributed by atoms with Gasteiger partial charge in [0.2, 0.25) is 0 Å². The summed E-state index contributed by atoms with van der Waals surface area (Å²) in [5.41, 5.74) is 3.36. The minimum Gasteiger partial charge on any atom is -0.497 e. The largest absolute Gasteiger partial charge is 0.497 e. The fraction of sp³-hybridized carbons (Fsp3) is 0.200. The summed E-state index contributed by atoms with van der Waals surface area (Å²) in [6.45, 7) is 1.63. The van der Waals surface area contributed by atoms with E-state index in [9.17, 15) is 9.59 Å². The molecule has 1 saturated heterocycles. The van der Waals surface area contributed by atoms with Crippen molar-refractivity contribution >= 4 is 28.9 Å². The number of anilines is 3. The van der Waals surface area contributed by atoms with Crippen LogP contribution in [0.15, 0.2) is 72.8 Å². The second-order valence-electron chi connectivity index (χ2n) is 7.43. The molecular formula is C25H25N3O3. The number of amides is 2. The number of para-hydroxylation sites is 1. The molecule has 2 N–H and O–H groups in total. The Labute approximate surface area is 181 Å². The molecule has 1 aliphatic heterocycles. The van der Waals surface area contributed by atoms with Crippen LogP contribution in [0.1, 0.15) is 33.6 Å². The van der Waals surface area contributed by atoms with Crippen LogP contribution in [0.25, 0.3) is 0 Å². The molecule has 0 bridgehead atoms. The van der Waals surface area contributed by atoms with E-state index in [0.29, 0.717) is 22.5 Å². The number of carbonyl (C=O) groups excluding carboxylic acids is 2. The zero-order valence-corrected chi connectivity index (χ0v) is 17.4.